The quantitative estimate of drug-likeness (QED) is 0.747. The predicted octanol–water partition coefficient (Wildman–Crippen LogP) is 2.34. The molecule has 0 atom stereocenters. The molecule has 70 valence electrons. The third kappa shape index (κ3) is 4.76. The lowest BCUT2D eigenvalue weighted by Crippen LogP contribution is -1.89. The molecule has 0 aliphatic heterocycles. The standard InChI is InChI=1S/C10H10O2.H3N/c11-10(12)8-4-7-9-5-2-1-3-6-9;/h1-7H,8H2,(H,11,12);1H3/b7-4+;. The highest BCUT2D eigenvalue weighted by Crippen LogP contribution is 2.01. The number of carboxylic acids is 1. The number of carbonyl (C=O) groups is 1. The van der Waals surface area contributed by atoms with Crippen LogP contribution in [0.25, 0.3) is 6.08 Å². The Hall–Kier alpha value is -1.61. The van der Waals surface area contributed by atoms with Gasteiger partial charge in [-0.2, -0.15) is 0 Å². The fourth-order valence-corrected chi connectivity index (χ4v) is 0.860. The molecule has 1 aromatic carbocycles. The van der Waals surface area contributed by atoms with Crippen molar-refractivity contribution in [3.8, 4) is 0 Å². The van der Waals surface area contributed by atoms with E-state index in [1.54, 1.807) is 12.2 Å². The van der Waals surface area contributed by atoms with Gasteiger partial charge in [-0.15, -0.1) is 0 Å². The minimum absolute atomic E-state index is 0. The van der Waals surface area contributed by atoms with E-state index in [4.69, 9.17) is 5.11 Å². The van der Waals surface area contributed by atoms with Crippen molar-refractivity contribution < 1.29 is 9.90 Å². The Morgan fingerprint density at radius 3 is 2.46 bits per heavy atom. The maximum absolute atomic E-state index is 10.1. The van der Waals surface area contributed by atoms with Gasteiger partial charge in [0.15, 0.2) is 0 Å². The second-order valence-electron chi connectivity index (χ2n) is 2.41. The van der Waals surface area contributed by atoms with E-state index in [9.17, 15) is 4.79 Å². The highest BCUT2D eigenvalue weighted by Gasteiger charge is 1.88. The van der Waals surface area contributed by atoms with Gasteiger partial charge < -0.3 is 11.3 Å². The Kier molecular flexibility index (Phi) is 5.23. The number of rotatable bonds is 3. The van der Waals surface area contributed by atoms with Crippen LogP contribution in [-0.4, -0.2) is 11.1 Å². The van der Waals surface area contributed by atoms with Crippen molar-refractivity contribution in [1.82, 2.24) is 6.15 Å². The van der Waals surface area contributed by atoms with Gasteiger partial charge in [0.05, 0.1) is 6.42 Å². The third-order valence-corrected chi connectivity index (χ3v) is 1.40. The van der Waals surface area contributed by atoms with Crippen LogP contribution in [0.5, 0.6) is 0 Å². The molecule has 0 saturated heterocycles. The van der Waals surface area contributed by atoms with E-state index in [0.717, 1.165) is 5.56 Å². The Labute approximate surface area is 77.3 Å². The van der Waals surface area contributed by atoms with Crippen molar-refractivity contribution >= 4 is 12.0 Å². The normalized spacial score (nSPS) is 9.54. The third-order valence-electron chi connectivity index (χ3n) is 1.40. The summed E-state index contributed by atoms with van der Waals surface area (Å²) in [5.74, 6) is -0.804. The first kappa shape index (κ1) is 11.4. The molecule has 0 aliphatic carbocycles. The molecule has 0 bridgehead atoms. The minimum atomic E-state index is -0.804. The summed E-state index contributed by atoms with van der Waals surface area (Å²) in [7, 11) is 0. The molecular formula is C10H13NO2. The van der Waals surface area contributed by atoms with Gasteiger partial charge in [-0.05, 0) is 5.56 Å². The first-order valence-electron chi connectivity index (χ1n) is 3.72. The van der Waals surface area contributed by atoms with Crippen LogP contribution in [0.1, 0.15) is 12.0 Å². The Morgan fingerprint density at radius 2 is 1.92 bits per heavy atom. The van der Waals surface area contributed by atoms with Gasteiger partial charge in [-0.1, -0.05) is 42.5 Å². The van der Waals surface area contributed by atoms with Crippen molar-refractivity contribution in [2.24, 2.45) is 0 Å². The molecule has 0 radical (unpaired) electrons. The molecule has 0 fully saturated rings. The first-order valence-corrected chi connectivity index (χ1v) is 3.72. The van der Waals surface area contributed by atoms with Crippen molar-refractivity contribution in [2.45, 2.75) is 6.42 Å². The average Bonchev–Trinajstić information content (AvgIpc) is 2.05. The van der Waals surface area contributed by atoms with E-state index in [0.29, 0.717) is 0 Å². The summed E-state index contributed by atoms with van der Waals surface area (Å²) in [6.45, 7) is 0. The Morgan fingerprint density at radius 1 is 1.31 bits per heavy atom. The zero-order chi connectivity index (χ0) is 8.81. The molecule has 4 N–H and O–H groups in total. The number of benzene rings is 1. The Bertz CT molecular complexity index is 280. The maximum Gasteiger partial charge on any atom is 0.307 e. The predicted molar refractivity (Wildman–Crippen MR) is 52.8 cm³/mol. The molecule has 1 aromatic rings. The summed E-state index contributed by atoms with van der Waals surface area (Å²) >= 11 is 0. The van der Waals surface area contributed by atoms with Crippen LogP contribution in [0.3, 0.4) is 0 Å². The van der Waals surface area contributed by atoms with Gasteiger partial charge in [0.2, 0.25) is 0 Å². The molecule has 0 aliphatic rings. The molecule has 0 saturated carbocycles. The number of carboxylic acid groups (broad SMARTS) is 1. The molecule has 1 rings (SSSR count). The number of hydrogen-bond donors (Lipinski definition) is 2. The SMILES string of the molecule is N.O=C(O)C/C=C/c1ccccc1. The van der Waals surface area contributed by atoms with Crippen molar-refractivity contribution in [1.29, 1.82) is 0 Å². The molecular weight excluding hydrogens is 166 g/mol. The van der Waals surface area contributed by atoms with E-state index >= 15 is 0 Å². The van der Waals surface area contributed by atoms with Crippen molar-refractivity contribution in [3.63, 3.8) is 0 Å². The van der Waals surface area contributed by atoms with Gasteiger partial charge in [-0.25, -0.2) is 0 Å². The average molecular weight is 179 g/mol. The van der Waals surface area contributed by atoms with Crippen LogP contribution < -0.4 is 6.15 Å². The van der Waals surface area contributed by atoms with Gasteiger partial charge >= 0.3 is 5.97 Å². The first-order chi connectivity index (χ1) is 5.79. The minimum Gasteiger partial charge on any atom is -0.481 e. The topological polar surface area (TPSA) is 72.3 Å². The van der Waals surface area contributed by atoms with Gasteiger partial charge in [0, 0.05) is 0 Å². The largest absolute Gasteiger partial charge is 0.481 e. The monoisotopic (exact) mass is 179 g/mol. The molecule has 0 unspecified atom stereocenters. The van der Waals surface area contributed by atoms with Crippen molar-refractivity contribution in [2.75, 3.05) is 0 Å². The lowest BCUT2D eigenvalue weighted by molar-refractivity contribution is -0.135. The number of aliphatic carboxylic acids is 1. The summed E-state index contributed by atoms with van der Waals surface area (Å²) < 4.78 is 0. The molecule has 0 spiro atoms. The van der Waals surface area contributed by atoms with E-state index in [1.807, 2.05) is 30.3 Å². The highest BCUT2D eigenvalue weighted by atomic mass is 16.4. The van der Waals surface area contributed by atoms with Crippen LogP contribution >= 0.6 is 0 Å². The molecule has 0 heterocycles. The molecule has 3 nitrogen and oxygen atoms in total. The lowest BCUT2D eigenvalue weighted by atomic mass is 10.2. The van der Waals surface area contributed by atoms with Gasteiger partial charge in [0.25, 0.3) is 0 Å². The second kappa shape index (κ2) is 5.97. The molecule has 13 heavy (non-hydrogen) atoms. The van der Waals surface area contributed by atoms with Crippen LogP contribution in [0.15, 0.2) is 36.4 Å². The fourth-order valence-electron chi connectivity index (χ4n) is 0.860. The Balaban J connectivity index is 0.00000144. The summed E-state index contributed by atoms with van der Waals surface area (Å²) in [5, 5.41) is 8.34. The summed E-state index contributed by atoms with van der Waals surface area (Å²) in [4.78, 5) is 10.1. The van der Waals surface area contributed by atoms with Gasteiger partial charge in [0.1, 0.15) is 0 Å². The van der Waals surface area contributed by atoms with E-state index < -0.39 is 5.97 Å². The zero-order valence-electron chi connectivity index (χ0n) is 7.31. The summed E-state index contributed by atoms with van der Waals surface area (Å²) in [5.41, 5.74) is 1.03. The molecule has 3 heteroatoms. The number of hydrogen-bond acceptors (Lipinski definition) is 2. The van der Waals surface area contributed by atoms with Crippen LogP contribution in [0.4, 0.5) is 0 Å². The smallest absolute Gasteiger partial charge is 0.307 e. The molecule has 0 aromatic heterocycles. The van der Waals surface area contributed by atoms with E-state index in [1.165, 1.54) is 0 Å². The van der Waals surface area contributed by atoms with Gasteiger partial charge in [-0.3, -0.25) is 4.79 Å². The zero-order valence-corrected chi connectivity index (χ0v) is 7.31. The summed E-state index contributed by atoms with van der Waals surface area (Å²) in [6.07, 6.45) is 3.51. The molecule has 0 amide bonds. The van der Waals surface area contributed by atoms with E-state index in [2.05, 4.69) is 0 Å². The highest BCUT2D eigenvalue weighted by molar-refractivity contribution is 5.70. The maximum atomic E-state index is 10.1. The fraction of sp³-hybridized carbons (Fsp3) is 0.100. The van der Waals surface area contributed by atoms with Crippen molar-refractivity contribution in [3.05, 3.63) is 42.0 Å². The van der Waals surface area contributed by atoms with Crippen LogP contribution in [0.2, 0.25) is 0 Å². The van der Waals surface area contributed by atoms with Crippen LogP contribution in [0, 0.1) is 0 Å². The second-order valence-corrected chi connectivity index (χ2v) is 2.41. The van der Waals surface area contributed by atoms with Crippen LogP contribution in [-0.2, 0) is 4.79 Å². The van der Waals surface area contributed by atoms with E-state index in [-0.39, 0.29) is 12.6 Å². The summed E-state index contributed by atoms with van der Waals surface area (Å²) in [6, 6.07) is 9.62. The lowest BCUT2D eigenvalue weighted by Gasteiger charge is -1.89.